The third kappa shape index (κ3) is 3.28. The van der Waals surface area contributed by atoms with Gasteiger partial charge in [0.05, 0.1) is 6.10 Å². The lowest BCUT2D eigenvalue weighted by Crippen LogP contribution is -2.80. The van der Waals surface area contributed by atoms with Crippen LogP contribution in [-0.4, -0.2) is 39.8 Å². The number of ketones is 1. The van der Waals surface area contributed by atoms with Gasteiger partial charge in [0.1, 0.15) is 11.7 Å². The van der Waals surface area contributed by atoms with Gasteiger partial charge in [-0.15, -0.1) is 0 Å². The van der Waals surface area contributed by atoms with Crippen LogP contribution >= 0.6 is 0 Å². The normalized spacial score (nSPS) is 54.2. The van der Waals surface area contributed by atoms with Crippen molar-refractivity contribution in [1.29, 1.82) is 0 Å². The number of aliphatic hydroxyl groups excluding tert-OH is 1. The van der Waals surface area contributed by atoms with Crippen LogP contribution in [0.4, 0.5) is 0 Å². The van der Waals surface area contributed by atoms with Crippen molar-refractivity contribution in [2.24, 2.45) is 50.2 Å². The average Bonchev–Trinajstić information content (AvgIpc) is 2.77. The first kappa shape index (κ1) is 27.6. The van der Waals surface area contributed by atoms with Crippen molar-refractivity contribution in [1.82, 2.24) is 0 Å². The van der Waals surface area contributed by atoms with Gasteiger partial charge in [-0.25, -0.2) is 0 Å². The monoisotopic (exact) mass is 516 g/mol. The molecule has 5 saturated carbocycles. The Balaban J connectivity index is 1.60. The molecule has 0 saturated heterocycles. The lowest BCUT2D eigenvalue weighted by atomic mass is 9.29. The van der Waals surface area contributed by atoms with E-state index in [2.05, 4.69) is 55.4 Å². The third-order valence-electron chi connectivity index (χ3n) is 13.9. The van der Waals surface area contributed by atoms with Crippen LogP contribution in [0.2, 0.25) is 0 Å². The minimum Gasteiger partial charge on any atom is -0.462 e. The quantitative estimate of drug-likeness (QED) is 0.412. The topological polar surface area (TPSA) is 83.8 Å². The summed E-state index contributed by atoms with van der Waals surface area (Å²) in [6.07, 6.45) is 6.53. The van der Waals surface area contributed by atoms with Crippen LogP contribution in [0.5, 0.6) is 0 Å². The molecule has 5 aliphatic carbocycles. The molecule has 5 rings (SSSR count). The Hall–Kier alpha value is -0.940. The summed E-state index contributed by atoms with van der Waals surface area (Å²) >= 11 is 0. The van der Waals surface area contributed by atoms with Gasteiger partial charge in [0.25, 0.3) is 0 Å². The minimum absolute atomic E-state index is 0.0352. The van der Waals surface area contributed by atoms with Gasteiger partial charge in [-0.05, 0) is 84.9 Å². The van der Waals surface area contributed by atoms with E-state index in [0.717, 1.165) is 44.9 Å². The number of carbonyl (C=O) groups excluding carboxylic acids is 2. The molecule has 10 atom stereocenters. The maximum atomic E-state index is 14.5. The highest BCUT2D eigenvalue weighted by atomic mass is 16.5. The fraction of sp³-hybridized carbons (Fsp3) is 0.938. The van der Waals surface area contributed by atoms with Crippen molar-refractivity contribution in [3.63, 3.8) is 0 Å². The fourth-order valence-corrected chi connectivity index (χ4v) is 11.5. The van der Waals surface area contributed by atoms with Crippen molar-refractivity contribution in [3.05, 3.63) is 0 Å². The van der Waals surface area contributed by atoms with E-state index in [1.165, 1.54) is 6.92 Å². The molecule has 37 heavy (non-hydrogen) atoms. The van der Waals surface area contributed by atoms with E-state index in [-0.39, 0.29) is 56.8 Å². The molecule has 0 aromatic carbocycles. The number of esters is 1. The number of carbonyl (C=O) groups is 2. The smallest absolute Gasteiger partial charge is 0.302 e. The second kappa shape index (κ2) is 7.83. The van der Waals surface area contributed by atoms with Crippen LogP contribution in [-0.2, 0) is 14.3 Å². The van der Waals surface area contributed by atoms with Gasteiger partial charge in [0.15, 0.2) is 5.78 Å². The van der Waals surface area contributed by atoms with Crippen LogP contribution in [0.3, 0.4) is 0 Å². The van der Waals surface area contributed by atoms with Crippen LogP contribution < -0.4 is 0 Å². The molecule has 5 nitrogen and oxygen atoms in total. The number of hydrogen-bond acceptors (Lipinski definition) is 5. The molecule has 0 aromatic heterocycles. The van der Waals surface area contributed by atoms with Crippen LogP contribution in [0, 0.1) is 50.2 Å². The van der Waals surface area contributed by atoms with E-state index in [0.29, 0.717) is 18.8 Å². The molecule has 2 unspecified atom stereocenters. The zero-order valence-electron chi connectivity index (χ0n) is 24.9. The Labute approximate surface area is 224 Å². The largest absolute Gasteiger partial charge is 0.462 e. The molecular weight excluding hydrogens is 464 g/mol. The molecule has 0 radical (unpaired) electrons. The number of aliphatic hydroxyl groups is 2. The first-order valence-electron chi connectivity index (χ1n) is 14.9. The van der Waals surface area contributed by atoms with Gasteiger partial charge in [-0.3, -0.25) is 9.59 Å². The van der Waals surface area contributed by atoms with Crippen molar-refractivity contribution < 1.29 is 24.5 Å². The zero-order valence-corrected chi connectivity index (χ0v) is 24.9. The SMILES string of the molecule is CC(=O)OC1CC[C@]2(C)[C@H]3CC(=O)[C@]4(O)[C@@H]5CC(C)(C)CC[C@]5(C)CC(O)[C@@]4(C)[C@]3(C)CC[C@H]2C1(C)C. The summed E-state index contributed by atoms with van der Waals surface area (Å²) in [5.41, 5.74) is -3.27. The number of hydrogen-bond donors (Lipinski definition) is 2. The second-order valence-corrected chi connectivity index (χ2v) is 16.4. The first-order chi connectivity index (χ1) is 16.8. The van der Waals surface area contributed by atoms with Gasteiger partial charge >= 0.3 is 5.97 Å². The van der Waals surface area contributed by atoms with E-state index in [4.69, 9.17) is 4.74 Å². The Morgan fingerprint density at radius 3 is 2.14 bits per heavy atom. The van der Waals surface area contributed by atoms with Crippen LogP contribution in [0.1, 0.15) is 120 Å². The molecule has 5 fully saturated rings. The Morgan fingerprint density at radius 1 is 0.865 bits per heavy atom. The van der Waals surface area contributed by atoms with Gasteiger partial charge in [0.2, 0.25) is 0 Å². The molecule has 0 aromatic rings. The van der Waals surface area contributed by atoms with Crippen LogP contribution in [0.15, 0.2) is 0 Å². The maximum Gasteiger partial charge on any atom is 0.302 e. The predicted octanol–water partition coefficient (Wildman–Crippen LogP) is 6.08. The molecule has 0 aliphatic heterocycles. The van der Waals surface area contributed by atoms with Gasteiger partial charge < -0.3 is 14.9 Å². The molecule has 5 heteroatoms. The predicted molar refractivity (Wildman–Crippen MR) is 144 cm³/mol. The molecule has 0 heterocycles. The molecular formula is C32H52O5. The molecule has 0 spiro atoms. The Bertz CT molecular complexity index is 1000. The lowest BCUT2D eigenvalue weighted by molar-refractivity contribution is -0.320. The molecule has 5 aliphatic rings. The van der Waals surface area contributed by atoms with E-state index in [9.17, 15) is 19.8 Å². The number of Topliss-reactive ketones (excluding diaryl/α,β-unsaturated/α-hetero) is 1. The fourth-order valence-electron chi connectivity index (χ4n) is 11.5. The number of fused-ring (bicyclic) bond motifs is 7. The summed E-state index contributed by atoms with van der Waals surface area (Å²) in [6.45, 7) is 19.4. The lowest BCUT2D eigenvalue weighted by Gasteiger charge is -2.75. The van der Waals surface area contributed by atoms with E-state index < -0.39 is 17.1 Å². The summed E-state index contributed by atoms with van der Waals surface area (Å²) in [7, 11) is 0. The van der Waals surface area contributed by atoms with Crippen LogP contribution in [0.25, 0.3) is 0 Å². The summed E-state index contributed by atoms with van der Waals surface area (Å²) in [4.78, 5) is 26.4. The Morgan fingerprint density at radius 2 is 1.51 bits per heavy atom. The summed E-state index contributed by atoms with van der Waals surface area (Å²) in [5, 5.41) is 24.9. The van der Waals surface area contributed by atoms with E-state index in [1.807, 2.05) is 0 Å². The van der Waals surface area contributed by atoms with Crippen molar-refractivity contribution in [2.75, 3.05) is 0 Å². The highest BCUT2D eigenvalue weighted by Gasteiger charge is 2.79. The molecule has 2 N–H and O–H groups in total. The van der Waals surface area contributed by atoms with Gasteiger partial charge in [-0.2, -0.15) is 0 Å². The highest BCUT2D eigenvalue weighted by molar-refractivity contribution is 5.91. The summed E-state index contributed by atoms with van der Waals surface area (Å²) in [6, 6.07) is 0. The third-order valence-corrected chi connectivity index (χ3v) is 13.9. The van der Waals surface area contributed by atoms with Crippen molar-refractivity contribution in [3.8, 4) is 0 Å². The van der Waals surface area contributed by atoms with Gasteiger partial charge in [0, 0.05) is 30.1 Å². The maximum absolute atomic E-state index is 14.5. The molecule has 0 amide bonds. The molecule has 0 bridgehead atoms. The number of rotatable bonds is 1. The number of ether oxygens (including phenoxy) is 1. The van der Waals surface area contributed by atoms with Crippen molar-refractivity contribution in [2.45, 2.75) is 138 Å². The summed E-state index contributed by atoms with van der Waals surface area (Å²) < 4.78 is 5.83. The van der Waals surface area contributed by atoms with Crippen molar-refractivity contribution >= 4 is 11.8 Å². The highest BCUT2D eigenvalue weighted by Crippen LogP contribution is 2.77. The Kier molecular flexibility index (Phi) is 5.85. The average molecular weight is 517 g/mol. The van der Waals surface area contributed by atoms with E-state index in [1.54, 1.807) is 0 Å². The first-order valence-corrected chi connectivity index (χ1v) is 14.9. The summed E-state index contributed by atoms with van der Waals surface area (Å²) in [5.74, 6) is -0.0179. The van der Waals surface area contributed by atoms with E-state index >= 15 is 0 Å². The second-order valence-electron chi connectivity index (χ2n) is 16.4. The van der Waals surface area contributed by atoms with Gasteiger partial charge in [-0.1, -0.05) is 55.4 Å². The standard InChI is InChI=1S/C32H52O5/c1-19(33)37-25-11-12-29(7)20(27(25,4)5)10-13-30(8)21(29)16-23(34)32(36)22-17-26(2,3)14-15-28(22,6)18-24(35)31(30,32)9/h20-22,24-25,35-36H,10-18H2,1-9H3/t20-,21+,22+,24?,25?,28+,29-,30+,31-,32+/m0/s1. The molecule has 210 valence electrons. The minimum atomic E-state index is -1.52. The zero-order chi connectivity index (χ0) is 27.6.